The normalized spacial score (nSPS) is 16.6. The van der Waals surface area contributed by atoms with Crippen LogP contribution in [0.15, 0.2) is 42.5 Å². The summed E-state index contributed by atoms with van der Waals surface area (Å²) < 4.78 is 28.9. The molecule has 39 heavy (non-hydrogen) atoms. The van der Waals surface area contributed by atoms with Gasteiger partial charge in [0.2, 0.25) is 5.91 Å². The van der Waals surface area contributed by atoms with Crippen LogP contribution in [0.2, 0.25) is 0 Å². The largest absolute Gasteiger partial charge is 0.386 e. The maximum Gasteiger partial charge on any atom is 0.251 e. The number of thiazole rings is 1. The molecule has 2 aromatic carbocycles. The minimum absolute atomic E-state index is 0.109. The van der Waals surface area contributed by atoms with Gasteiger partial charge in [-0.2, -0.15) is 4.98 Å². The van der Waals surface area contributed by atoms with Crippen molar-refractivity contribution in [3.8, 4) is 11.1 Å². The number of nitrogens with zero attached hydrogens (tertiary/aromatic N) is 3. The summed E-state index contributed by atoms with van der Waals surface area (Å²) in [5.74, 6) is -2.80. The molecule has 200 valence electrons. The lowest BCUT2D eigenvalue weighted by Gasteiger charge is -2.43. The lowest BCUT2D eigenvalue weighted by Crippen LogP contribution is -2.60. The molecule has 4 heterocycles. The second kappa shape index (κ2) is 9.35. The number of carbonyl (C=O) groups is 2. The summed E-state index contributed by atoms with van der Waals surface area (Å²) in [6.45, 7) is 3.00. The molecule has 8 nitrogen and oxygen atoms in total. The SMILES string of the molecule is CC1(O)CN(c2nc3nc([C@H](CC(N)=O)Cc4cc(F)cc(F)c4)c(-c4cccc5c4CNC5=O)cc3s2)C1. The zero-order valence-electron chi connectivity index (χ0n) is 21.0. The maximum absolute atomic E-state index is 14.0. The van der Waals surface area contributed by atoms with Crippen molar-refractivity contribution in [2.24, 2.45) is 5.73 Å². The molecule has 2 aromatic heterocycles. The molecule has 1 saturated heterocycles. The number of nitrogens with one attached hydrogen (secondary N) is 1. The van der Waals surface area contributed by atoms with E-state index in [1.54, 1.807) is 19.1 Å². The van der Waals surface area contributed by atoms with E-state index in [9.17, 15) is 23.5 Å². The molecular formula is C28H25F2N5O3S. The predicted molar refractivity (Wildman–Crippen MR) is 143 cm³/mol. The first kappa shape index (κ1) is 25.3. The van der Waals surface area contributed by atoms with Crippen LogP contribution in [-0.4, -0.2) is 45.6 Å². The Labute approximate surface area is 226 Å². The Morgan fingerprint density at radius 2 is 1.87 bits per heavy atom. The van der Waals surface area contributed by atoms with Crippen molar-refractivity contribution >= 4 is 38.6 Å². The average Bonchev–Trinajstić information content (AvgIpc) is 3.43. The number of rotatable bonds is 7. The Balaban J connectivity index is 1.52. The molecule has 11 heteroatoms. The van der Waals surface area contributed by atoms with Gasteiger partial charge in [-0.15, -0.1) is 0 Å². The zero-order valence-corrected chi connectivity index (χ0v) is 21.8. The fourth-order valence-corrected chi connectivity index (χ4v) is 6.41. The Morgan fingerprint density at radius 1 is 1.15 bits per heavy atom. The van der Waals surface area contributed by atoms with E-state index >= 15 is 0 Å². The summed E-state index contributed by atoms with van der Waals surface area (Å²) >= 11 is 1.43. The lowest BCUT2D eigenvalue weighted by atomic mass is 9.86. The van der Waals surface area contributed by atoms with Gasteiger partial charge < -0.3 is 21.1 Å². The molecule has 6 rings (SSSR count). The summed E-state index contributed by atoms with van der Waals surface area (Å²) in [5, 5.41) is 13.8. The topological polar surface area (TPSA) is 121 Å². The number of amides is 2. The number of benzene rings is 2. The number of β-amino-alcohol motifs (C(OH)–C–C–N with tert-alkyl or cyclic N) is 1. The van der Waals surface area contributed by atoms with E-state index in [0.717, 1.165) is 21.9 Å². The van der Waals surface area contributed by atoms with E-state index in [2.05, 4.69) is 5.32 Å². The highest BCUT2D eigenvalue weighted by Gasteiger charge is 2.38. The standard InChI is InChI=1S/C28H25F2N5O3S/c1-28(38)12-35(13-28)27-34-25-22(39-27)10-20(18-3-2-4-19-21(18)11-32-26(19)37)24(33-25)15(8-23(31)36)5-14-6-16(29)9-17(30)7-14/h2-4,6-7,9-10,15,38H,5,8,11-13H2,1H3,(H2,31,36)(H,32,37)/t15-/m0/s1. The molecule has 2 aliphatic heterocycles. The summed E-state index contributed by atoms with van der Waals surface area (Å²) in [7, 11) is 0. The maximum atomic E-state index is 14.0. The Kier molecular flexibility index (Phi) is 6.07. The van der Waals surface area contributed by atoms with E-state index in [1.165, 1.54) is 23.5 Å². The third-order valence-electron chi connectivity index (χ3n) is 7.11. The van der Waals surface area contributed by atoms with Crippen LogP contribution in [0.4, 0.5) is 13.9 Å². The van der Waals surface area contributed by atoms with E-state index in [0.29, 0.717) is 52.8 Å². The molecule has 4 aromatic rings. The molecule has 0 aliphatic carbocycles. The van der Waals surface area contributed by atoms with Crippen LogP contribution in [0.25, 0.3) is 21.5 Å². The summed E-state index contributed by atoms with van der Waals surface area (Å²) in [6, 6.07) is 10.6. The van der Waals surface area contributed by atoms with Crippen molar-refractivity contribution in [1.82, 2.24) is 15.3 Å². The van der Waals surface area contributed by atoms with Gasteiger partial charge >= 0.3 is 0 Å². The average molecular weight is 550 g/mol. The molecule has 0 bridgehead atoms. The minimum Gasteiger partial charge on any atom is -0.386 e. The van der Waals surface area contributed by atoms with Crippen LogP contribution in [0.5, 0.6) is 0 Å². The number of hydrogen-bond donors (Lipinski definition) is 3. The summed E-state index contributed by atoms with van der Waals surface area (Å²) in [5.41, 5.74) is 9.03. The van der Waals surface area contributed by atoms with Crippen molar-refractivity contribution in [1.29, 1.82) is 0 Å². The Morgan fingerprint density at radius 3 is 2.56 bits per heavy atom. The van der Waals surface area contributed by atoms with Crippen molar-refractivity contribution in [3.63, 3.8) is 0 Å². The molecule has 0 radical (unpaired) electrons. The molecule has 4 N–H and O–H groups in total. The number of aliphatic hydroxyl groups is 1. The van der Waals surface area contributed by atoms with Crippen molar-refractivity contribution in [2.45, 2.75) is 37.8 Å². The lowest BCUT2D eigenvalue weighted by molar-refractivity contribution is -0.118. The summed E-state index contributed by atoms with van der Waals surface area (Å²) in [4.78, 5) is 36.2. The van der Waals surface area contributed by atoms with Gasteiger partial charge in [0.25, 0.3) is 5.91 Å². The van der Waals surface area contributed by atoms with Gasteiger partial charge in [-0.1, -0.05) is 23.5 Å². The molecule has 1 fully saturated rings. The fraction of sp³-hybridized carbons (Fsp3) is 0.286. The van der Waals surface area contributed by atoms with Crippen molar-refractivity contribution in [2.75, 3.05) is 18.0 Å². The third-order valence-corrected chi connectivity index (χ3v) is 8.16. The second-order valence-electron chi connectivity index (χ2n) is 10.5. The highest BCUT2D eigenvalue weighted by molar-refractivity contribution is 7.22. The van der Waals surface area contributed by atoms with Crippen LogP contribution in [-0.2, 0) is 17.8 Å². The molecular weight excluding hydrogens is 524 g/mol. The highest BCUT2D eigenvalue weighted by atomic mass is 32.1. The zero-order chi connectivity index (χ0) is 27.5. The van der Waals surface area contributed by atoms with E-state index in [-0.39, 0.29) is 18.7 Å². The molecule has 0 saturated carbocycles. The number of fused-ring (bicyclic) bond motifs is 2. The van der Waals surface area contributed by atoms with Gasteiger partial charge in [0.1, 0.15) is 11.6 Å². The highest BCUT2D eigenvalue weighted by Crippen LogP contribution is 2.41. The predicted octanol–water partition coefficient (Wildman–Crippen LogP) is 3.65. The number of nitrogens with two attached hydrogens (primary N) is 1. The van der Waals surface area contributed by atoms with Gasteiger partial charge in [-0.05, 0) is 54.3 Å². The molecule has 0 unspecified atom stereocenters. The van der Waals surface area contributed by atoms with Crippen LogP contribution in [0.1, 0.15) is 46.4 Å². The molecule has 0 spiro atoms. The van der Waals surface area contributed by atoms with Gasteiger partial charge in [-0.25, -0.2) is 13.8 Å². The van der Waals surface area contributed by atoms with Gasteiger partial charge in [-0.3, -0.25) is 9.59 Å². The number of primary amides is 1. The van der Waals surface area contributed by atoms with Gasteiger partial charge in [0.05, 0.1) is 29.1 Å². The van der Waals surface area contributed by atoms with Crippen molar-refractivity contribution in [3.05, 3.63) is 76.5 Å². The minimum atomic E-state index is -0.779. The Hall–Kier alpha value is -3.96. The van der Waals surface area contributed by atoms with Crippen LogP contribution in [0, 0.1) is 11.6 Å². The smallest absolute Gasteiger partial charge is 0.251 e. The quantitative estimate of drug-likeness (QED) is 0.324. The Bertz CT molecular complexity index is 1630. The number of aromatic nitrogens is 2. The molecule has 2 amide bonds. The van der Waals surface area contributed by atoms with E-state index in [4.69, 9.17) is 15.7 Å². The summed E-state index contributed by atoms with van der Waals surface area (Å²) in [6.07, 6.45) is 0.00312. The van der Waals surface area contributed by atoms with Crippen LogP contribution < -0.4 is 16.0 Å². The van der Waals surface area contributed by atoms with Gasteiger partial charge in [0.15, 0.2) is 10.8 Å². The monoisotopic (exact) mass is 549 g/mol. The number of halogens is 2. The first-order chi connectivity index (χ1) is 18.6. The first-order valence-corrected chi connectivity index (χ1v) is 13.3. The number of hydrogen-bond acceptors (Lipinski definition) is 7. The fourth-order valence-electron chi connectivity index (χ4n) is 5.47. The first-order valence-electron chi connectivity index (χ1n) is 12.5. The number of carbonyl (C=O) groups excluding carboxylic acids is 2. The third kappa shape index (κ3) is 4.83. The van der Waals surface area contributed by atoms with E-state index < -0.39 is 29.1 Å². The van der Waals surface area contributed by atoms with Gasteiger partial charge in [0, 0.05) is 36.1 Å². The van der Waals surface area contributed by atoms with Crippen LogP contribution >= 0.6 is 11.3 Å². The molecule has 1 atom stereocenters. The number of anilines is 1. The molecule has 2 aliphatic rings. The van der Waals surface area contributed by atoms with Crippen LogP contribution in [0.3, 0.4) is 0 Å². The second-order valence-corrected chi connectivity index (χ2v) is 11.5. The van der Waals surface area contributed by atoms with Crippen molar-refractivity contribution < 1.29 is 23.5 Å². The van der Waals surface area contributed by atoms with E-state index in [1.807, 2.05) is 17.0 Å². The number of pyridine rings is 1.